The minimum Gasteiger partial charge on any atom is -0.346 e. The van der Waals surface area contributed by atoms with Crippen molar-refractivity contribution < 1.29 is 14.0 Å². The Morgan fingerprint density at radius 1 is 1.07 bits per heavy atom. The summed E-state index contributed by atoms with van der Waals surface area (Å²) in [4.78, 5) is 30.6. The molecule has 134 valence electrons. The first-order chi connectivity index (χ1) is 13.1. The second kappa shape index (κ2) is 7.13. The van der Waals surface area contributed by atoms with Crippen LogP contribution in [0.5, 0.6) is 0 Å². The van der Waals surface area contributed by atoms with Gasteiger partial charge < -0.3 is 5.32 Å². The highest BCUT2D eigenvalue weighted by Gasteiger charge is 2.18. The van der Waals surface area contributed by atoms with Crippen molar-refractivity contribution in [3.63, 3.8) is 0 Å². The average Bonchev–Trinajstić information content (AvgIpc) is 3.28. The Balaban J connectivity index is 1.54. The Labute approximate surface area is 158 Å². The largest absolute Gasteiger partial charge is 0.346 e. The molecule has 0 aliphatic rings. The molecule has 7 heteroatoms. The number of benzene rings is 2. The van der Waals surface area contributed by atoms with E-state index in [0.717, 1.165) is 10.7 Å². The molecule has 2 heterocycles. The van der Waals surface area contributed by atoms with Crippen LogP contribution in [0.15, 0.2) is 66.3 Å². The molecule has 0 bridgehead atoms. The van der Waals surface area contributed by atoms with Crippen LogP contribution in [0.4, 0.5) is 4.39 Å². The van der Waals surface area contributed by atoms with Crippen molar-refractivity contribution in [1.29, 1.82) is 0 Å². The van der Waals surface area contributed by atoms with Gasteiger partial charge in [-0.1, -0.05) is 18.2 Å². The summed E-state index contributed by atoms with van der Waals surface area (Å²) in [5.41, 5.74) is 1.60. The fourth-order valence-electron chi connectivity index (χ4n) is 2.76. The lowest BCUT2D eigenvalue weighted by molar-refractivity contribution is 0.0939. The molecule has 27 heavy (non-hydrogen) atoms. The molecule has 2 aromatic heterocycles. The molecular formula is C20H14FN3O2S. The van der Waals surface area contributed by atoms with Gasteiger partial charge in [-0.2, -0.15) is 0 Å². The highest BCUT2D eigenvalue weighted by molar-refractivity contribution is 7.15. The molecule has 5 nitrogen and oxygen atoms in total. The summed E-state index contributed by atoms with van der Waals surface area (Å²) in [7, 11) is 0. The van der Waals surface area contributed by atoms with Crippen molar-refractivity contribution in [1.82, 2.24) is 14.7 Å². The van der Waals surface area contributed by atoms with Crippen LogP contribution in [0.3, 0.4) is 0 Å². The molecule has 0 radical (unpaired) electrons. The lowest BCUT2D eigenvalue weighted by atomic mass is 9.98. The molecule has 4 aromatic rings. The Hall–Kier alpha value is -3.32. The molecule has 1 amide bonds. The number of halogens is 1. The van der Waals surface area contributed by atoms with Crippen LogP contribution < -0.4 is 5.32 Å². The van der Waals surface area contributed by atoms with E-state index < -0.39 is 5.82 Å². The number of hydrogen-bond donors (Lipinski definition) is 1. The highest BCUT2D eigenvalue weighted by Crippen LogP contribution is 2.16. The fraction of sp³-hybridized carbons (Fsp3) is 0.0500. The summed E-state index contributed by atoms with van der Waals surface area (Å²) in [6.45, 7) is 0.256. The molecule has 2 aromatic carbocycles. The van der Waals surface area contributed by atoms with Gasteiger partial charge in [0.05, 0.1) is 17.8 Å². The van der Waals surface area contributed by atoms with E-state index >= 15 is 0 Å². The Morgan fingerprint density at radius 3 is 2.56 bits per heavy atom. The van der Waals surface area contributed by atoms with E-state index in [9.17, 15) is 14.0 Å². The van der Waals surface area contributed by atoms with Crippen molar-refractivity contribution in [2.45, 2.75) is 6.54 Å². The SMILES string of the molecule is O=C(NCc1cn2ccsc2n1)c1ccccc1C(=O)c1ccc(F)cc1. The Bertz CT molecular complexity index is 1100. The summed E-state index contributed by atoms with van der Waals surface area (Å²) >= 11 is 1.51. The molecule has 0 fully saturated rings. The predicted octanol–water partition coefficient (Wildman–Crippen LogP) is 3.70. The summed E-state index contributed by atoms with van der Waals surface area (Å²) < 4.78 is 15.0. The predicted molar refractivity (Wildman–Crippen MR) is 101 cm³/mol. The second-order valence-corrected chi connectivity index (χ2v) is 6.76. The van der Waals surface area contributed by atoms with Gasteiger partial charge in [0.1, 0.15) is 5.82 Å². The van der Waals surface area contributed by atoms with E-state index in [0.29, 0.717) is 5.56 Å². The topological polar surface area (TPSA) is 63.5 Å². The van der Waals surface area contributed by atoms with Gasteiger partial charge in [0.15, 0.2) is 10.7 Å². The van der Waals surface area contributed by atoms with E-state index in [1.165, 1.54) is 35.6 Å². The van der Waals surface area contributed by atoms with Crippen LogP contribution >= 0.6 is 11.3 Å². The first-order valence-electron chi connectivity index (χ1n) is 8.20. The van der Waals surface area contributed by atoms with Gasteiger partial charge in [0.25, 0.3) is 5.91 Å². The van der Waals surface area contributed by atoms with Crippen LogP contribution in [0.1, 0.15) is 32.0 Å². The van der Waals surface area contributed by atoms with E-state index in [2.05, 4.69) is 10.3 Å². The normalized spacial score (nSPS) is 10.9. The molecule has 0 saturated carbocycles. The standard InChI is InChI=1S/C20H14FN3O2S/c21-14-7-5-13(6-8-14)18(25)16-3-1-2-4-17(16)19(26)22-11-15-12-24-9-10-27-20(24)23-15/h1-10,12H,11H2,(H,22,26). The van der Waals surface area contributed by atoms with Crippen LogP contribution in [0.2, 0.25) is 0 Å². The third-order valence-electron chi connectivity index (χ3n) is 4.10. The number of nitrogens with one attached hydrogen (secondary N) is 1. The molecule has 0 spiro atoms. The van der Waals surface area contributed by atoms with Crippen molar-refractivity contribution in [3.8, 4) is 0 Å². The third-order valence-corrected chi connectivity index (χ3v) is 4.87. The van der Waals surface area contributed by atoms with E-state index in [1.54, 1.807) is 24.3 Å². The number of amides is 1. The minimum atomic E-state index is -0.419. The number of fused-ring (bicyclic) bond motifs is 1. The smallest absolute Gasteiger partial charge is 0.252 e. The molecule has 0 aliphatic heterocycles. The van der Waals surface area contributed by atoms with Gasteiger partial charge in [-0.05, 0) is 30.3 Å². The second-order valence-electron chi connectivity index (χ2n) is 5.89. The summed E-state index contributed by atoms with van der Waals surface area (Å²) in [5.74, 6) is -1.11. The zero-order chi connectivity index (χ0) is 18.8. The number of hydrogen-bond acceptors (Lipinski definition) is 4. The van der Waals surface area contributed by atoms with Crippen LogP contribution in [0, 0.1) is 5.82 Å². The Kier molecular flexibility index (Phi) is 4.52. The van der Waals surface area contributed by atoms with Crippen LogP contribution in [-0.4, -0.2) is 21.1 Å². The van der Waals surface area contributed by atoms with E-state index in [-0.39, 0.29) is 29.4 Å². The van der Waals surface area contributed by atoms with Crippen LogP contribution in [-0.2, 0) is 6.54 Å². The lowest BCUT2D eigenvalue weighted by Crippen LogP contribution is -2.25. The number of nitrogens with zero attached hydrogens (tertiary/aromatic N) is 2. The third kappa shape index (κ3) is 3.50. The number of imidazole rings is 1. The van der Waals surface area contributed by atoms with Gasteiger partial charge in [0, 0.05) is 28.9 Å². The van der Waals surface area contributed by atoms with Crippen LogP contribution in [0.25, 0.3) is 4.96 Å². The van der Waals surface area contributed by atoms with Gasteiger partial charge in [0.2, 0.25) is 0 Å². The summed E-state index contributed by atoms with van der Waals surface area (Å²) in [6, 6.07) is 11.8. The minimum absolute atomic E-state index is 0.256. The molecule has 0 unspecified atom stereocenters. The summed E-state index contributed by atoms with van der Waals surface area (Å²) in [5, 5.41) is 4.73. The highest BCUT2D eigenvalue weighted by atomic mass is 32.1. The van der Waals surface area contributed by atoms with Gasteiger partial charge in [-0.15, -0.1) is 11.3 Å². The number of ketones is 1. The first kappa shape index (κ1) is 17.1. The lowest BCUT2D eigenvalue weighted by Gasteiger charge is -2.09. The number of aromatic nitrogens is 2. The van der Waals surface area contributed by atoms with E-state index in [4.69, 9.17) is 0 Å². The molecule has 0 aliphatic carbocycles. The molecule has 4 rings (SSSR count). The average molecular weight is 379 g/mol. The fourth-order valence-corrected chi connectivity index (χ4v) is 3.48. The van der Waals surface area contributed by atoms with Gasteiger partial charge in [-0.25, -0.2) is 9.37 Å². The molecular weight excluding hydrogens is 365 g/mol. The molecule has 0 atom stereocenters. The first-order valence-corrected chi connectivity index (χ1v) is 9.08. The van der Waals surface area contributed by atoms with Crippen molar-refractivity contribution in [3.05, 3.63) is 94.5 Å². The van der Waals surface area contributed by atoms with Gasteiger partial charge in [-0.3, -0.25) is 14.0 Å². The monoisotopic (exact) mass is 379 g/mol. The molecule has 1 N–H and O–H groups in total. The maximum absolute atomic E-state index is 13.1. The maximum atomic E-state index is 13.1. The maximum Gasteiger partial charge on any atom is 0.252 e. The number of thiazole rings is 1. The number of carbonyl (C=O) groups excluding carboxylic acids is 2. The van der Waals surface area contributed by atoms with Crippen molar-refractivity contribution >= 4 is 28.0 Å². The number of rotatable bonds is 5. The van der Waals surface area contributed by atoms with E-state index in [1.807, 2.05) is 22.2 Å². The Morgan fingerprint density at radius 2 is 1.81 bits per heavy atom. The van der Waals surface area contributed by atoms with Gasteiger partial charge >= 0.3 is 0 Å². The molecule has 0 saturated heterocycles. The number of carbonyl (C=O) groups is 2. The van der Waals surface area contributed by atoms with Crippen molar-refractivity contribution in [2.24, 2.45) is 0 Å². The summed E-state index contributed by atoms with van der Waals surface area (Å²) in [6.07, 6.45) is 3.75. The quantitative estimate of drug-likeness (QED) is 0.538. The zero-order valence-corrected chi connectivity index (χ0v) is 14.9. The van der Waals surface area contributed by atoms with Crippen molar-refractivity contribution in [2.75, 3.05) is 0 Å². The zero-order valence-electron chi connectivity index (χ0n) is 14.1.